The van der Waals surface area contributed by atoms with Gasteiger partial charge in [-0.2, -0.15) is 0 Å². The molecule has 0 saturated heterocycles. The Bertz CT molecular complexity index is 431. The van der Waals surface area contributed by atoms with Crippen molar-refractivity contribution >= 4 is 5.91 Å². The summed E-state index contributed by atoms with van der Waals surface area (Å²) in [7, 11) is 0. The van der Waals surface area contributed by atoms with E-state index in [2.05, 4.69) is 12.2 Å². The summed E-state index contributed by atoms with van der Waals surface area (Å²) >= 11 is 0. The molecule has 0 aromatic heterocycles. The molecule has 1 amide bonds. The molecule has 0 aliphatic carbocycles. The molecule has 0 aliphatic heterocycles. The number of rotatable bonds is 9. The van der Waals surface area contributed by atoms with Gasteiger partial charge in [-0.05, 0) is 39.8 Å². The fraction of sp³-hybridized carbons (Fsp3) is 0.588. The summed E-state index contributed by atoms with van der Waals surface area (Å²) in [4.78, 5) is 14.1. The third kappa shape index (κ3) is 5.38. The highest BCUT2D eigenvalue weighted by atomic mass is 16.5. The number of hydrogen-bond acceptors (Lipinski definition) is 3. The summed E-state index contributed by atoms with van der Waals surface area (Å²) in [6.45, 7) is 11.1. The molecule has 118 valence electrons. The predicted molar refractivity (Wildman–Crippen MR) is 86.5 cm³/mol. The van der Waals surface area contributed by atoms with E-state index >= 15 is 0 Å². The van der Waals surface area contributed by atoms with E-state index in [1.165, 1.54) is 0 Å². The van der Waals surface area contributed by atoms with Crippen LogP contribution in [0.4, 0.5) is 0 Å². The summed E-state index contributed by atoms with van der Waals surface area (Å²) in [6, 6.07) is 7.89. The molecule has 1 aromatic rings. The Labute approximate surface area is 128 Å². The first-order chi connectivity index (χ1) is 10.1. The van der Waals surface area contributed by atoms with Crippen LogP contribution in [0.1, 0.15) is 39.7 Å². The molecule has 1 aromatic carbocycles. The van der Waals surface area contributed by atoms with E-state index in [1.54, 1.807) is 4.90 Å². The highest BCUT2D eigenvalue weighted by Crippen LogP contribution is 2.19. The van der Waals surface area contributed by atoms with Gasteiger partial charge in [-0.1, -0.05) is 25.1 Å². The van der Waals surface area contributed by atoms with Crippen molar-refractivity contribution in [1.29, 1.82) is 0 Å². The maximum atomic E-state index is 12.3. The second-order valence-corrected chi connectivity index (χ2v) is 5.06. The summed E-state index contributed by atoms with van der Waals surface area (Å²) in [5, 5.41) is 3.36. The van der Waals surface area contributed by atoms with E-state index in [0.717, 1.165) is 30.8 Å². The molecule has 0 fully saturated rings. The Morgan fingerprint density at radius 1 is 1.24 bits per heavy atom. The lowest BCUT2D eigenvalue weighted by atomic mass is 10.2. The van der Waals surface area contributed by atoms with Crippen LogP contribution in [0.25, 0.3) is 0 Å². The first-order valence-corrected chi connectivity index (χ1v) is 7.88. The van der Waals surface area contributed by atoms with Gasteiger partial charge in [0.15, 0.2) is 6.10 Å². The molecule has 0 bridgehead atoms. The zero-order valence-corrected chi connectivity index (χ0v) is 13.7. The van der Waals surface area contributed by atoms with Crippen molar-refractivity contribution in [2.24, 2.45) is 0 Å². The first kappa shape index (κ1) is 17.5. The lowest BCUT2D eigenvalue weighted by molar-refractivity contribution is -0.137. The van der Waals surface area contributed by atoms with Crippen LogP contribution in [0.15, 0.2) is 24.3 Å². The van der Waals surface area contributed by atoms with Crippen molar-refractivity contribution in [3.8, 4) is 5.75 Å². The second-order valence-electron chi connectivity index (χ2n) is 5.06. The van der Waals surface area contributed by atoms with Crippen LogP contribution in [-0.2, 0) is 11.3 Å². The van der Waals surface area contributed by atoms with Gasteiger partial charge in [0.05, 0.1) is 0 Å². The van der Waals surface area contributed by atoms with Crippen molar-refractivity contribution in [3.63, 3.8) is 0 Å². The van der Waals surface area contributed by atoms with Crippen molar-refractivity contribution in [2.75, 3.05) is 19.6 Å². The average molecular weight is 292 g/mol. The van der Waals surface area contributed by atoms with Gasteiger partial charge in [0.1, 0.15) is 5.75 Å². The number of carbonyl (C=O) groups is 1. The fourth-order valence-electron chi connectivity index (χ4n) is 2.20. The number of nitrogens with one attached hydrogen (secondary N) is 1. The normalized spacial score (nSPS) is 12.0. The van der Waals surface area contributed by atoms with Crippen LogP contribution in [0.3, 0.4) is 0 Å². The third-order valence-corrected chi connectivity index (χ3v) is 3.44. The van der Waals surface area contributed by atoms with Gasteiger partial charge in [0.25, 0.3) is 5.91 Å². The van der Waals surface area contributed by atoms with Gasteiger partial charge in [-0.3, -0.25) is 4.79 Å². The summed E-state index contributed by atoms with van der Waals surface area (Å²) in [5.41, 5.74) is 1.09. The van der Waals surface area contributed by atoms with Gasteiger partial charge >= 0.3 is 0 Å². The Kier molecular flexibility index (Phi) is 7.83. The number of ether oxygens (including phenoxy) is 1. The number of nitrogens with zero attached hydrogens (tertiary/aromatic N) is 1. The lowest BCUT2D eigenvalue weighted by Crippen LogP contribution is -2.40. The van der Waals surface area contributed by atoms with Crippen LogP contribution < -0.4 is 10.1 Å². The lowest BCUT2D eigenvalue weighted by Gasteiger charge is -2.24. The number of likely N-dealkylation sites (N-methyl/N-ethyl adjacent to an activating group) is 1. The number of hydrogen-bond donors (Lipinski definition) is 1. The Morgan fingerprint density at radius 3 is 2.52 bits per heavy atom. The quantitative estimate of drug-likeness (QED) is 0.712. The van der Waals surface area contributed by atoms with Crippen LogP contribution in [-0.4, -0.2) is 36.5 Å². The minimum atomic E-state index is -0.461. The van der Waals surface area contributed by atoms with Gasteiger partial charge in [0.2, 0.25) is 0 Å². The zero-order valence-electron chi connectivity index (χ0n) is 13.7. The molecule has 1 atom stereocenters. The molecule has 4 heteroatoms. The molecule has 0 saturated carbocycles. The van der Waals surface area contributed by atoms with E-state index in [0.29, 0.717) is 13.1 Å². The summed E-state index contributed by atoms with van der Waals surface area (Å²) in [6.07, 6.45) is 0.636. The molecule has 1 N–H and O–H groups in total. The third-order valence-electron chi connectivity index (χ3n) is 3.44. The molecule has 1 unspecified atom stereocenters. The Morgan fingerprint density at radius 2 is 1.90 bits per heavy atom. The minimum Gasteiger partial charge on any atom is -0.481 e. The van der Waals surface area contributed by atoms with Gasteiger partial charge < -0.3 is 15.0 Å². The molecular weight excluding hydrogens is 264 g/mol. The second kappa shape index (κ2) is 9.40. The first-order valence-electron chi connectivity index (χ1n) is 7.88. The molecule has 1 rings (SSSR count). The van der Waals surface area contributed by atoms with Crippen molar-refractivity contribution < 1.29 is 9.53 Å². The van der Waals surface area contributed by atoms with Crippen LogP contribution >= 0.6 is 0 Å². The molecule has 21 heavy (non-hydrogen) atoms. The standard InChI is InChI=1S/C17H28N2O2/c1-5-12-18-13-15-10-8-9-11-16(15)21-14(4)17(20)19(6-2)7-3/h8-11,14,18H,5-7,12-13H2,1-4H3. The van der Waals surface area contributed by atoms with Crippen molar-refractivity contribution in [2.45, 2.75) is 46.8 Å². The van der Waals surface area contributed by atoms with E-state index in [4.69, 9.17) is 4.74 Å². The topological polar surface area (TPSA) is 41.6 Å². The van der Waals surface area contributed by atoms with E-state index < -0.39 is 6.10 Å². The smallest absolute Gasteiger partial charge is 0.263 e. The minimum absolute atomic E-state index is 0.0383. The molecular formula is C17H28N2O2. The van der Waals surface area contributed by atoms with Gasteiger partial charge in [0, 0.05) is 25.2 Å². The maximum absolute atomic E-state index is 12.3. The number of para-hydroxylation sites is 1. The number of carbonyl (C=O) groups excluding carboxylic acids is 1. The van der Waals surface area contributed by atoms with E-state index in [-0.39, 0.29) is 5.91 Å². The molecule has 4 nitrogen and oxygen atoms in total. The van der Waals surface area contributed by atoms with Gasteiger partial charge in [-0.15, -0.1) is 0 Å². The fourth-order valence-corrected chi connectivity index (χ4v) is 2.20. The maximum Gasteiger partial charge on any atom is 0.263 e. The van der Waals surface area contributed by atoms with Crippen LogP contribution in [0, 0.1) is 0 Å². The highest BCUT2D eigenvalue weighted by molar-refractivity contribution is 5.80. The zero-order chi connectivity index (χ0) is 15.7. The van der Waals surface area contributed by atoms with Crippen molar-refractivity contribution in [1.82, 2.24) is 10.2 Å². The van der Waals surface area contributed by atoms with E-state index in [9.17, 15) is 4.79 Å². The van der Waals surface area contributed by atoms with Crippen LogP contribution in [0.5, 0.6) is 5.75 Å². The number of amides is 1. The average Bonchev–Trinajstić information content (AvgIpc) is 2.50. The Balaban J connectivity index is 2.70. The van der Waals surface area contributed by atoms with Gasteiger partial charge in [-0.25, -0.2) is 0 Å². The Hall–Kier alpha value is -1.55. The largest absolute Gasteiger partial charge is 0.481 e. The monoisotopic (exact) mass is 292 g/mol. The summed E-state index contributed by atoms with van der Waals surface area (Å²) in [5.74, 6) is 0.824. The molecule has 0 radical (unpaired) electrons. The highest BCUT2D eigenvalue weighted by Gasteiger charge is 2.20. The SMILES string of the molecule is CCCNCc1ccccc1OC(C)C(=O)N(CC)CC. The molecule has 0 aliphatic rings. The number of benzene rings is 1. The summed E-state index contributed by atoms with van der Waals surface area (Å²) < 4.78 is 5.89. The van der Waals surface area contributed by atoms with E-state index in [1.807, 2.05) is 45.0 Å². The molecule has 0 spiro atoms. The van der Waals surface area contributed by atoms with Crippen molar-refractivity contribution in [3.05, 3.63) is 29.8 Å². The predicted octanol–water partition coefficient (Wildman–Crippen LogP) is 2.82. The van der Waals surface area contributed by atoms with Crippen LogP contribution in [0.2, 0.25) is 0 Å². The molecule has 0 heterocycles.